The number of para-hydroxylation sites is 1. The zero-order valence-electron chi connectivity index (χ0n) is 8.54. The molecule has 0 atom stereocenters. The lowest BCUT2D eigenvalue weighted by atomic mass is 10.3. The molecule has 1 aromatic rings. The lowest BCUT2D eigenvalue weighted by Crippen LogP contribution is -2.37. The minimum Gasteiger partial charge on any atom is -0.424 e. The number of amidine groups is 1. The Morgan fingerprint density at radius 1 is 1.25 bits per heavy atom. The summed E-state index contributed by atoms with van der Waals surface area (Å²) in [7, 11) is 0. The van der Waals surface area contributed by atoms with Crippen LogP contribution in [0.5, 0.6) is 5.75 Å². The van der Waals surface area contributed by atoms with Gasteiger partial charge in [0.25, 0.3) is 0 Å². The summed E-state index contributed by atoms with van der Waals surface area (Å²) in [5.41, 5.74) is 3.51. The maximum absolute atomic E-state index is 11.4. The fourth-order valence-electron chi connectivity index (χ4n) is 1.57. The second-order valence-corrected chi connectivity index (χ2v) is 3.78. The van der Waals surface area contributed by atoms with Gasteiger partial charge in [0.1, 0.15) is 5.75 Å². The largest absolute Gasteiger partial charge is 0.424 e. The molecule has 1 heterocycles. The van der Waals surface area contributed by atoms with Crippen molar-refractivity contribution >= 4 is 12.1 Å². The van der Waals surface area contributed by atoms with Gasteiger partial charge in [-0.25, -0.2) is 9.69 Å². The molecule has 2 aliphatic rings. The van der Waals surface area contributed by atoms with Crippen LogP contribution >= 0.6 is 0 Å². The lowest BCUT2D eigenvalue weighted by molar-refractivity contribution is 0.220. The number of carbonyl (C=O) groups is 1. The zero-order valence-corrected chi connectivity index (χ0v) is 8.54. The molecule has 0 spiro atoms. The van der Waals surface area contributed by atoms with E-state index >= 15 is 0 Å². The minimum absolute atomic E-state index is 0.223. The monoisotopic (exact) mass is 216 g/mol. The van der Waals surface area contributed by atoms with Crippen LogP contribution in [-0.4, -0.2) is 23.0 Å². The van der Waals surface area contributed by atoms with Gasteiger partial charge in [-0.05, 0) is 25.0 Å². The predicted molar refractivity (Wildman–Crippen MR) is 56.9 cm³/mol. The van der Waals surface area contributed by atoms with Crippen molar-refractivity contribution in [1.82, 2.24) is 10.3 Å². The second-order valence-electron chi connectivity index (χ2n) is 3.78. The van der Waals surface area contributed by atoms with Crippen molar-refractivity contribution in [1.29, 1.82) is 0 Å². The SMILES string of the molecule is O=C1[N]N=C(Oc2ccccc2)N1C1CC1. The van der Waals surface area contributed by atoms with Gasteiger partial charge in [-0.1, -0.05) is 28.7 Å². The number of nitrogens with zero attached hydrogens (tertiary/aromatic N) is 3. The van der Waals surface area contributed by atoms with E-state index in [1.807, 2.05) is 30.3 Å². The Morgan fingerprint density at radius 3 is 2.69 bits per heavy atom. The first kappa shape index (κ1) is 9.21. The summed E-state index contributed by atoms with van der Waals surface area (Å²) in [4.78, 5) is 12.9. The molecule has 3 rings (SSSR count). The van der Waals surface area contributed by atoms with Crippen molar-refractivity contribution in [2.45, 2.75) is 18.9 Å². The normalized spacial score (nSPS) is 19.4. The minimum atomic E-state index is -0.326. The molecule has 0 saturated heterocycles. The highest BCUT2D eigenvalue weighted by Crippen LogP contribution is 2.29. The van der Waals surface area contributed by atoms with Gasteiger partial charge in [0.15, 0.2) is 0 Å². The maximum atomic E-state index is 11.4. The lowest BCUT2D eigenvalue weighted by Gasteiger charge is -2.14. The average Bonchev–Trinajstić information content (AvgIpc) is 3.07. The van der Waals surface area contributed by atoms with Gasteiger partial charge >= 0.3 is 12.1 Å². The summed E-state index contributed by atoms with van der Waals surface area (Å²) >= 11 is 0. The molecule has 0 unspecified atom stereocenters. The molecule has 1 fully saturated rings. The molecule has 1 aromatic carbocycles. The van der Waals surface area contributed by atoms with Gasteiger partial charge in [0, 0.05) is 6.04 Å². The van der Waals surface area contributed by atoms with Crippen molar-refractivity contribution in [2.24, 2.45) is 5.10 Å². The van der Waals surface area contributed by atoms with Gasteiger partial charge in [-0.3, -0.25) is 0 Å². The Bertz CT molecular complexity index is 440. The Morgan fingerprint density at radius 2 is 2.00 bits per heavy atom. The molecule has 1 aliphatic heterocycles. The predicted octanol–water partition coefficient (Wildman–Crippen LogP) is 1.54. The third-order valence-electron chi connectivity index (χ3n) is 2.50. The first-order chi connectivity index (χ1) is 7.84. The highest BCUT2D eigenvalue weighted by Gasteiger charge is 2.41. The van der Waals surface area contributed by atoms with Crippen LogP contribution in [0.2, 0.25) is 0 Å². The highest BCUT2D eigenvalue weighted by atomic mass is 16.5. The molecule has 16 heavy (non-hydrogen) atoms. The summed E-state index contributed by atoms with van der Waals surface area (Å²) in [6.45, 7) is 0. The van der Waals surface area contributed by atoms with E-state index in [1.165, 1.54) is 4.90 Å². The van der Waals surface area contributed by atoms with E-state index in [0.717, 1.165) is 12.8 Å². The fraction of sp³-hybridized carbons (Fsp3) is 0.273. The molecular weight excluding hydrogens is 206 g/mol. The molecule has 1 saturated carbocycles. The molecule has 1 aliphatic carbocycles. The van der Waals surface area contributed by atoms with Crippen molar-refractivity contribution in [3.05, 3.63) is 30.3 Å². The Hall–Kier alpha value is -2.04. The summed E-state index contributed by atoms with van der Waals surface area (Å²) in [5.74, 6) is 0.664. The van der Waals surface area contributed by atoms with Gasteiger partial charge in [-0.15, -0.1) is 0 Å². The summed E-state index contributed by atoms with van der Waals surface area (Å²) in [6, 6.07) is 9.45. The molecule has 0 aromatic heterocycles. The molecule has 2 amide bonds. The first-order valence-corrected chi connectivity index (χ1v) is 5.19. The number of urea groups is 1. The van der Waals surface area contributed by atoms with Crippen LogP contribution < -0.4 is 10.2 Å². The van der Waals surface area contributed by atoms with Crippen LogP contribution in [0, 0.1) is 0 Å². The zero-order chi connectivity index (χ0) is 11.0. The second kappa shape index (κ2) is 3.52. The van der Waals surface area contributed by atoms with Gasteiger partial charge in [-0.2, -0.15) is 0 Å². The number of rotatable bonds is 2. The summed E-state index contributed by atoms with van der Waals surface area (Å²) in [6.07, 6.45) is 2.00. The molecule has 1 radical (unpaired) electrons. The van der Waals surface area contributed by atoms with E-state index in [2.05, 4.69) is 10.5 Å². The molecule has 5 heteroatoms. The van der Waals surface area contributed by atoms with Crippen LogP contribution in [0.4, 0.5) is 4.79 Å². The summed E-state index contributed by atoms with van der Waals surface area (Å²) in [5, 5.41) is 3.75. The topological polar surface area (TPSA) is 56.0 Å². The van der Waals surface area contributed by atoms with Gasteiger partial charge < -0.3 is 4.74 Å². The number of hydrogen-bond acceptors (Lipinski definition) is 3. The smallest absolute Gasteiger partial charge is 0.370 e. The van der Waals surface area contributed by atoms with E-state index in [1.54, 1.807) is 0 Å². The van der Waals surface area contributed by atoms with Crippen LogP contribution in [0.3, 0.4) is 0 Å². The van der Waals surface area contributed by atoms with Crippen molar-refractivity contribution in [3.63, 3.8) is 0 Å². The number of amides is 2. The average molecular weight is 216 g/mol. The summed E-state index contributed by atoms with van der Waals surface area (Å²) < 4.78 is 5.52. The number of benzene rings is 1. The van der Waals surface area contributed by atoms with Crippen LogP contribution in [0.1, 0.15) is 12.8 Å². The third kappa shape index (κ3) is 1.60. The van der Waals surface area contributed by atoms with Crippen molar-refractivity contribution < 1.29 is 9.53 Å². The van der Waals surface area contributed by atoms with Crippen molar-refractivity contribution in [3.8, 4) is 5.75 Å². The number of ether oxygens (including phenoxy) is 1. The molecule has 81 valence electrons. The van der Waals surface area contributed by atoms with E-state index in [0.29, 0.717) is 11.8 Å². The quantitative estimate of drug-likeness (QED) is 0.752. The highest BCUT2D eigenvalue weighted by molar-refractivity contribution is 5.98. The Labute approximate surface area is 92.7 Å². The van der Waals surface area contributed by atoms with E-state index in [9.17, 15) is 4.79 Å². The third-order valence-corrected chi connectivity index (χ3v) is 2.50. The molecule has 0 N–H and O–H groups in total. The fourth-order valence-corrected chi connectivity index (χ4v) is 1.57. The van der Waals surface area contributed by atoms with Gasteiger partial charge in [0.2, 0.25) is 0 Å². The standard InChI is InChI=1S/C11H10N3O2/c15-10-12-13-11(14(10)8-6-7-8)16-9-4-2-1-3-5-9/h1-5,8H,6-7H2. The van der Waals surface area contributed by atoms with Crippen LogP contribution in [0.25, 0.3) is 0 Å². The Balaban J connectivity index is 1.77. The Kier molecular flexibility index (Phi) is 2.02. The molecule has 5 nitrogen and oxygen atoms in total. The van der Waals surface area contributed by atoms with E-state index in [4.69, 9.17) is 4.74 Å². The van der Waals surface area contributed by atoms with Crippen molar-refractivity contribution in [2.75, 3.05) is 0 Å². The van der Waals surface area contributed by atoms with Crippen LogP contribution in [-0.2, 0) is 0 Å². The first-order valence-electron chi connectivity index (χ1n) is 5.19. The number of hydrogen-bond donors (Lipinski definition) is 0. The maximum Gasteiger partial charge on any atom is 0.370 e. The van der Waals surface area contributed by atoms with E-state index < -0.39 is 0 Å². The molecule has 0 bridgehead atoms. The number of carbonyl (C=O) groups excluding carboxylic acids is 1. The molecular formula is C11H10N3O2. The van der Waals surface area contributed by atoms with Gasteiger partial charge in [0.05, 0.1) is 0 Å². The van der Waals surface area contributed by atoms with E-state index in [-0.39, 0.29) is 12.1 Å². The van der Waals surface area contributed by atoms with Crippen LogP contribution in [0.15, 0.2) is 35.4 Å².